The summed E-state index contributed by atoms with van der Waals surface area (Å²) in [5.41, 5.74) is 0.554. The van der Waals surface area contributed by atoms with E-state index in [0.29, 0.717) is 16.7 Å². The Kier molecular flexibility index (Phi) is 4.92. The summed E-state index contributed by atoms with van der Waals surface area (Å²) < 4.78 is 60.1. The predicted molar refractivity (Wildman–Crippen MR) is 111 cm³/mol. The number of sulfonamides is 2. The molecule has 0 amide bonds. The molecule has 11 heteroatoms. The lowest BCUT2D eigenvalue weighted by molar-refractivity contribution is 0.400. The maximum Gasteiger partial charge on any atom is 0.264 e. The van der Waals surface area contributed by atoms with Gasteiger partial charge in [-0.15, -0.1) is 0 Å². The van der Waals surface area contributed by atoms with Gasteiger partial charge in [0.1, 0.15) is 10.7 Å². The fourth-order valence-electron chi connectivity index (χ4n) is 2.82. The third kappa shape index (κ3) is 3.98. The van der Waals surface area contributed by atoms with E-state index in [1.807, 2.05) is 0 Å². The number of nitrogens with zero attached hydrogens (tertiary/aromatic N) is 2. The van der Waals surface area contributed by atoms with Crippen LogP contribution in [0.3, 0.4) is 0 Å². The van der Waals surface area contributed by atoms with Crippen LogP contribution in [-0.4, -0.2) is 27.0 Å². The zero-order valence-electron chi connectivity index (χ0n) is 15.6. The standard InChI is InChI=1S/C19H16N4O5S2/c1-13-12-18(21-28-13)23-29(24,25)16-9-7-15(8-10-16)22-30(26,27)17-6-2-4-14-5-3-11-20-19(14)17/h2-12,22H,1H3,(H,21,23). The summed E-state index contributed by atoms with van der Waals surface area (Å²) in [5, 5.41) is 4.28. The molecule has 30 heavy (non-hydrogen) atoms. The highest BCUT2D eigenvalue weighted by atomic mass is 32.2. The number of aryl methyl sites for hydroxylation is 1. The van der Waals surface area contributed by atoms with Gasteiger partial charge in [-0.2, -0.15) is 0 Å². The number of para-hydroxylation sites is 1. The quantitative estimate of drug-likeness (QED) is 0.467. The molecule has 0 spiro atoms. The Morgan fingerprint density at radius 2 is 1.60 bits per heavy atom. The molecule has 2 aromatic heterocycles. The van der Waals surface area contributed by atoms with E-state index in [9.17, 15) is 16.8 Å². The molecule has 0 unspecified atom stereocenters. The largest absolute Gasteiger partial charge is 0.360 e. The zero-order valence-corrected chi connectivity index (χ0v) is 17.2. The van der Waals surface area contributed by atoms with Crippen molar-refractivity contribution in [2.24, 2.45) is 0 Å². The fourth-order valence-corrected chi connectivity index (χ4v) is 5.04. The number of pyridine rings is 1. The van der Waals surface area contributed by atoms with E-state index in [-0.39, 0.29) is 21.3 Å². The third-order valence-electron chi connectivity index (χ3n) is 4.17. The minimum Gasteiger partial charge on any atom is -0.360 e. The first-order valence-corrected chi connectivity index (χ1v) is 11.6. The average Bonchev–Trinajstić information content (AvgIpc) is 3.11. The van der Waals surface area contributed by atoms with Crippen LogP contribution in [0.2, 0.25) is 0 Å². The van der Waals surface area contributed by atoms with Crippen LogP contribution in [-0.2, 0) is 20.0 Å². The van der Waals surface area contributed by atoms with E-state index >= 15 is 0 Å². The number of aromatic nitrogens is 2. The van der Waals surface area contributed by atoms with Gasteiger partial charge in [0.05, 0.1) is 10.4 Å². The number of nitrogens with one attached hydrogen (secondary N) is 2. The van der Waals surface area contributed by atoms with E-state index < -0.39 is 20.0 Å². The molecule has 2 heterocycles. The lowest BCUT2D eigenvalue weighted by Crippen LogP contribution is -2.15. The number of hydrogen-bond donors (Lipinski definition) is 2. The van der Waals surface area contributed by atoms with Crippen LogP contribution in [0.4, 0.5) is 11.5 Å². The molecular weight excluding hydrogens is 428 g/mol. The molecule has 0 saturated heterocycles. The van der Waals surface area contributed by atoms with Crippen LogP contribution in [0, 0.1) is 6.92 Å². The van der Waals surface area contributed by atoms with Gasteiger partial charge in [0.25, 0.3) is 20.0 Å². The second-order valence-electron chi connectivity index (χ2n) is 6.39. The highest BCUT2D eigenvalue weighted by Gasteiger charge is 2.20. The van der Waals surface area contributed by atoms with Crippen molar-refractivity contribution in [1.29, 1.82) is 0 Å². The third-order valence-corrected chi connectivity index (χ3v) is 6.95. The van der Waals surface area contributed by atoms with Crippen molar-refractivity contribution in [3.63, 3.8) is 0 Å². The Labute approximate surface area is 172 Å². The van der Waals surface area contributed by atoms with Gasteiger partial charge in [0.15, 0.2) is 5.82 Å². The molecule has 0 aliphatic carbocycles. The average molecular weight is 444 g/mol. The Hall–Kier alpha value is -3.44. The van der Waals surface area contributed by atoms with Gasteiger partial charge < -0.3 is 4.52 Å². The van der Waals surface area contributed by atoms with Crippen molar-refractivity contribution in [3.05, 3.63) is 72.6 Å². The van der Waals surface area contributed by atoms with Crippen molar-refractivity contribution in [3.8, 4) is 0 Å². The smallest absolute Gasteiger partial charge is 0.264 e. The van der Waals surface area contributed by atoms with Crippen LogP contribution in [0.5, 0.6) is 0 Å². The maximum atomic E-state index is 12.8. The predicted octanol–water partition coefficient (Wildman–Crippen LogP) is 3.13. The Morgan fingerprint density at radius 1 is 0.867 bits per heavy atom. The molecule has 4 aromatic rings. The lowest BCUT2D eigenvalue weighted by atomic mass is 10.2. The highest BCUT2D eigenvalue weighted by molar-refractivity contribution is 7.93. The van der Waals surface area contributed by atoms with E-state index in [2.05, 4.69) is 19.6 Å². The molecule has 4 rings (SSSR count). The number of fused-ring (bicyclic) bond motifs is 1. The molecule has 0 aliphatic rings. The second-order valence-corrected chi connectivity index (χ2v) is 9.72. The first-order chi connectivity index (χ1) is 14.2. The summed E-state index contributed by atoms with van der Waals surface area (Å²) in [4.78, 5) is 4.13. The topological polar surface area (TPSA) is 131 Å². The molecule has 154 valence electrons. The lowest BCUT2D eigenvalue weighted by Gasteiger charge is -2.11. The molecule has 0 fully saturated rings. The van der Waals surface area contributed by atoms with E-state index in [0.717, 1.165) is 0 Å². The molecule has 0 atom stereocenters. The molecule has 2 N–H and O–H groups in total. The first-order valence-electron chi connectivity index (χ1n) is 8.67. The summed E-state index contributed by atoms with van der Waals surface area (Å²) in [6.07, 6.45) is 1.52. The number of rotatable bonds is 6. The zero-order chi connectivity index (χ0) is 21.4. The van der Waals surface area contributed by atoms with Crippen molar-refractivity contribution < 1.29 is 21.4 Å². The number of hydrogen-bond acceptors (Lipinski definition) is 7. The van der Waals surface area contributed by atoms with Gasteiger partial charge in [0.2, 0.25) is 0 Å². The van der Waals surface area contributed by atoms with Gasteiger partial charge in [-0.05, 0) is 43.3 Å². The van der Waals surface area contributed by atoms with Crippen LogP contribution >= 0.6 is 0 Å². The van der Waals surface area contributed by atoms with E-state index in [4.69, 9.17) is 4.52 Å². The van der Waals surface area contributed by atoms with Crippen molar-refractivity contribution in [2.75, 3.05) is 9.44 Å². The highest BCUT2D eigenvalue weighted by Crippen LogP contribution is 2.24. The van der Waals surface area contributed by atoms with Gasteiger partial charge in [-0.1, -0.05) is 23.4 Å². The van der Waals surface area contributed by atoms with Crippen LogP contribution in [0.1, 0.15) is 5.76 Å². The van der Waals surface area contributed by atoms with Crippen LogP contribution < -0.4 is 9.44 Å². The molecule has 0 bridgehead atoms. The summed E-state index contributed by atoms with van der Waals surface area (Å²) in [6.45, 7) is 1.64. The SMILES string of the molecule is Cc1cc(NS(=O)(=O)c2ccc(NS(=O)(=O)c3cccc4cccnc34)cc2)no1. The Balaban J connectivity index is 1.58. The molecule has 0 saturated carbocycles. The van der Waals surface area contributed by atoms with Gasteiger partial charge in [-0.25, -0.2) is 16.8 Å². The maximum absolute atomic E-state index is 12.8. The monoisotopic (exact) mass is 444 g/mol. The number of anilines is 2. The van der Waals surface area contributed by atoms with Crippen LogP contribution in [0.25, 0.3) is 10.9 Å². The summed E-state index contributed by atoms with van der Waals surface area (Å²) >= 11 is 0. The van der Waals surface area contributed by atoms with Crippen molar-refractivity contribution in [1.82, 2.24) is 10.1 Å². The molecule has 2 aromatic carbocycles. The second kappa shape index (κ2) is 7.43. The number of benzene rings is 2. The van der Waals surface area contributed by atoms with E-state index in [1.54, 1.807) is 31.2 Å². The minimum atomic E-state index is -3.93. The molecule has 9 nitrogen and oxygen atoms in total. The van der Waals surface area contributed by atoms with Crippen LogP contribution in [0.15, 0.2) is 81.2 Å². The summed E-state index contributed by atoms with van der Waals surface area (Å²) in [5.74, 6) is 0.515. The Morgan fingerprint density at radius 3 is 2.30 bits per heavy atom. The normalized spacial score (nSPS) is 12.0. The summed E-state index contributed by atoms with van der Waals surface area (Å²) in [7, 11) is -7.84. The summed E-state index contributed by atoms with van der Waals surface area (Å²) in [6, 6.07) is 15.1. The van der Waals surface area contributed by atoms with Gasteiger partial charge >= 0.3 is 0 Å². The minimum absolute atomic E-state index is 0.0281. The van der Waals surface area contributed by atoms with Gasteiger partial charge in [-0.3, -0.25) is 14.4 Å². The van der Waals surface area contributed by atoms with E-state index in [1.165, 1.54) is 42.6 Å². The fraction of sp³-hybridized carbons (Fsp3) is 0.0526. The molecule has 0 radical (unpaired) electrons. The van der Waals surface area contributed by atoms with Crippen molar-refractivity contribution in [2.45, 2.75) is 16.7 Å². The Bertz CT molecular complexity index is 1420. The molecular formula is C19H16N4O5S2. The first kappa shape index (κ1) is 19.9. The van der Waals surface area contributed by atoms with Crippen molar-refractivity contribution >= 4 is 42.5 Å². The van der Waals surface area contributed by atoms with Gasteiger partial charge in [0, 0.05) is 23.3 Å². The molecule has 0 aliphatic heterocycles.